The lowest BCUT2D eigenvalue weighted by molar-refractivity contribution is 0.362. The van der Waals surface area contributed by atoms with E-state index in [4.69, 9.17) is 10.5 Å². The number of nitrogens with two attached hydrogens (primary N) is 1. The Morgan fingerprint density at radius 2 is 2.31 bits per heavy atom. The van der Waals surface area contributed by atoms with Crippen molar-refractivity contribution < 1.29 is 4.74 Å². The molecule has 1 aromatic carbocycles. The Labute approximate surface area is 106 Å². The summed E-state index contributed by atoms with van der Waals surface area (Å²) < 4.78 is 6.57. The zero-order valence-electron chi connectivity index (χ0n) is 9.58. The third kappa shape index (κ3) is 3.99. The van der Waals surface area contributed by atoms with Gasteiger partial charge in [-0.15, -0.1) is 0 Å². The second kappa shape index (κ2) is 6.71. The Hall–Kier alpha value is -0.800. The number of halogens is 1. The summed E-state index contributed by atoms with van der Waals surface area (Å²) in [6.45, 7) is 6.25. The monoisotopic (exact) mass is 283 g/mol. The van der Waals surface area contributed by atoms with E-state index in [1.165, 1.54) is 5.56 Å². The van der Waals surface area contributed by atoms with Gasteiger partial charge in [0.05, 0.1) is 0 Å². The highest BCUT2D eigenvalue weighted by Gasteiger charge is 2.06. The van der Waals surface area contributed by atoms with Gasteiger partial charge in [-0.3, -0.25) is 0 Å². The Bertz CT molecular complexity index is 352. The Morgan fingerprint density at radius 1 is 1.56 bits per heavy atom. The molecule has 0 spiro atoms. The van der Waals surface area contributed by atoms with Crippen LogP contribution in [0, 0.1) is 0 Å². The van der Waals surface area contributed by atoms with Crippen molar-refractivity contribution in [1.29, 1.82) is 0 Å². The number of hydrogen-bond donors (Lipinski definition) is 1. The fraction of sp³-hybridized carbons (Fsp3) is 0.385. The van der Waals surface area contributed by atoms with Crippen molar-refractivity contribution in [3.05, 3.63) is 40.9 Å². The van der Waals surface area contributed by atoms with Gasteiger partial charge in [0, 0.05) is 10.5 Å². The summed E-state index contributed by atoms with van der Waals surface area (Å²) >= 11 is 3.53. The molecule has 0 heterocycles. The molecule has 16 heavy (non-hydrogen) atoms. The van der Waals surface area contributed by atoms with Gasteiger partial charge in [0.15, 0.2) is 0 Å². The number of rotatable bonds is 6. The third-order valence-electron chi connectivity index (χ3n) is 2.39. The molecule has 1 aromatic rings. The predicted molar refractivity (Wildman–Crippen MR) is 71.8 cm³/mol. The van der Waals surface area contributed by atoms with Crippen LogP contribution in [0.3, 0.4) is 0 Å². The van der Waals surface area contributed by atoms with E-state index in [1.54, 1.807) is 6.08 Å². The number of hydrogen-bond acceptors (Lipinski definition) is 2. The quantitative estimate of drug-likeness (QED) is 0.813. The first-order chi connectivity index (χ1) is 7.67. The summed E-state index contributed by atoms with van der Waals surface area (Å²) in [4.78, 5) is 0. The van der Waals surface area contributed by atoms with Gasteiger partial charge in [-0.1, -0.05) is 35.5 Å². The van der Waals surface area contributed by atoms with Crippen molar-refractivity contribution in [1.82, 2.24) is 0 Å². The lowest BCUT2D eigenvalue weighted by Crippen LogP contribution is -2.21. The SMILES string of the molecule is C=CCOc1ccc(Br)c(CC(N)CC)c1. The molecule has 0 aromatic heterocycles. The van der Waals surface area contributed by atoms with E-state index >= 15 is 0 Å². The molecule has 0 fully saturated rings. The zero-order valence-corrected chi connectivity index (χ0v) is 11.2. The highest BCUT2D eigenvalue weighted by atomic mass is 79.9. The van der Waals surface area contributed by atoms with Gasteiger partial charge in [-0.25, -0.2) is 0 Å². The summed E-state index contributed by atoms with van der Waals surface area (Å²) in [6.07, 6.45) is 3.58. The van der Waals surface area contributed by atoms with Crippen molar-refractivity contribution in [2.75, 3.05) is 6.61 Å². The fourth-order valence-corrected chi connectivity index (χ4v) is 1.79. The Kier molecular flexibility index (Phi) is 5.56. The largest absolute Gasteiger partial charge is 0.490 e. The van der Waals surface area contributed by atoms with E-state index < -0.39 is 0 Å². The van der Waals surface area contributed by atoms with Gasteiger partial charge in [-0.05, 0) is 36.6 Å². The third-order valence-corrected chi connectivity index (χ3v) is 3.17. The molecule has 1 rings (SSSR count). The van der Waals surface area contributed by atoms with Crippen LogP contribution in [-0.2, 0) is 6.42 Å². The van der Waals surface area contributed by atoms with Crippen LogP contribution in [-0.4, -0.2) is 12.6 Å². The molecular weight excluding hydrogens is 266 g/mol. The van der Waals surface area contributed by atoms with Gasteiger partial charge in [0.2, 0.25) is 0 Å². The first kappa shape index (κ1) is 13.3. The average molecular weight is 284 g/mol. The van der Waals surface area contributed by atoms with Crippen molar-refractivity contribution in [3.63, 3.8) is 0 Å². The topological polar surface area (TPSA) is 35.2 Å². The molecule has 1 unspecified atom stereocenters. The van der Waals surface area contributed by atoms with E-state index in [0.29, 0.717) is 6.61 Å². The van der Waals surface area contributed by atoms with Crippen LogP contribution >= 0.6 is 15.9 Å². The summed E-state index contributed by atoms with van der Waals surface area (Å²) in [6, 6.07) is 6.17. The molecule has 0 aliphatic rings. The van der Waals surface area contributed by atoms with E-state index in [2.05, 4.69) is 29.4 Å². The van der Waals surface area contributed by atoms with Gasteiger partial charge >= 0.3 is 0 Å². The molecule has 0 bridgehead atoms. The molecule has 0 radical (unpaired) electrons. The van der Waals surface area contributed by atoms with Gasteiger partial charge in [-0.2, -0.15) is 0 Å². The average Bonchev–Trinajstić information content (AvgIpc) is 2.30. The normalized spacial score (nSPS) is 12.2. The van der Waals surface area contributed by atoms with Crippen LogP contribution in [0.1, 0.15) is 18.9 Å². The second-order valence-electron chi connectivity index (χ2n) is 3.73. The zero-order chi connectivity index (χ0) is 12.0. The summed E-state index contributed by atoms with van der Waals surface area (Å²) in [5.74, 6) is 0.862. The van der Waals surface area contributed by atoms with Crippen LogP contribution in [0.2, 0.25) is 0 Å². The number of benzene rings is 1. The van der Waals surface area contributed by atoms with E-state index in [1.807, 2.05) is 18.2 Å². The summed E-state index contributed by atoms with van der Waals surface area (Å²) in [5, 5.41) is 0. The molecular formula is C13H18BrNO. The smallest absolute Gasteiger partial charge is 0.120 e. The minimum atomic E-state index is 0.200. The van der Waals surface area contributed by atoms with Crippen molar-refractivity contribution in [3.8, 4) is 5.75 Å². The maximum atomic E-state index is 5.95. The molecule has 2 nitrogen and oxygen atoms in total. The minimum Gasteiger partial charge on any atom is -0.490 e. The molecule has 0 aliphatic carbocycles. The van der Waals surface area contributed by atoms with Crippen LogP contribution in [0.4, 0.5) is 0 Å². The summed E-state index contributed by atoms with van der Waals surface area (Å²) in [7, 11) is 0. The van der Waals surface area contributed by atoms with Crippen LogP contribution in [0.15, 0.2) is 35.3 Å². The molecule has 3 heteroatoms. The van der Waals surface area contributed by atoms with E-state index in [-0.39, 0.29) is 6.04 Å². The molecule has 2 N–H and O–H groups in total. The minimum absolute atomic E-state index is 0.200. The first-order valence-corrected chi connectivity index (χ1v) is 6.24. The second-order valence-corrected chi connectivity index (χ2v) is 4.58. The standard InChI is InChI=1S/C13H18BrNO/c1-3-7-16-12-5-6-13(14)10(9-12)8-11(15)4-2/h3,5-6,9,11H,1,4,7-8,15H2,2H3. The van der Waals surface area contributed by atoms with E-state index in [9.17, 15) is 0 Å². The van der Waals surface area contributed by atoms with Crippen LogP contribution in [0.5, 0.6) is 5.75 Å². The lowest BCUT2D eigenvalue weighted by Gasteiger charge is -2.12. The Balaban J connectivity index is 2.77. The fourth-order valence-electron chi connectivity index (χ4n) is 1.38. The molecule has 0 saturated carbocycles. The van der Waals surface area contributed by atoms with Crippen molar-refractivity contribution in [2.24, 2.45) is 5.73 Å². The highest BCUT2D eigenvalue weighted by molar-refractivity contribution is 9.10. The van der Waals surface area contributed by atoms with Gasteiger partial charge < -0.3 is 10.5 Å². The van der Waals surface area contributed by atoms with Crippen LogP contribution in [0.25, 0.3) is 0 Å². The molecule has 1 atom stereocenters. The molecule has 0 aliphatic heterocycles. The lowest BCUT2D eigenvalue weighted by atomic mass is 10.0. The van der Waals surface area contributed by atoms with E-state index in [0.717, 1.165) is 23.1 Å². The van der Waals surface area contributed by atoms with Crippen LogP contribution < -0.4 is 10.5 Å². The number of ether oxygens (including phenoxy) is 1. The predicted octanol–water partition coefficient (Wildman–Crippen LogP) is 3.29. The maximum absolute atomic E-state index is 5.95. The van der Waals surface area contributed by atoms with Crippen molar-refractivity contribution >= 4 is 15.9 Å². The first-order valence-electron chi connectivity index (χ1n) is 5.45. The highest BCUT2D eigenvalue weighted by Crippen LogP contribution is 2.24. The summed E-state index contributed by atoms with van der Waals surface area (Å²) in [5.41, 5.74) is 7.14. The maximum Gasteiger partial charge on any atom is 0.120 e. The van der Waals surface area contributed by atoms with Gasteiger partial charge in [0.25, 0.3) is 0 Å². The Morgan fingerprint density at radius 3 is 2.94 bits per heavy atom. The molecule has 88 valence electrons. The van der Waals surface area contributed by atoms with Crippen molar-refractivity contribution in [2.45, 2.75) is 25.8 Å². The molecule has 0 amide bonds. The molecule has 0 saturated heterocycles. The van der Waals surface area contributed by atoms with Gasteiger partial charge in [0.1, 0.15) is 12.4 Å².